The molecule has 3 rings (SSSR count). The van der Waals surface area contributed by atoms with Gasteiger partial charge in [0.05, 0.1) is 18.4 Å². The molecule has 5 heteroatoms. The van der Waals surface area contributed by atoms with Gasteiger partial charge in [-0.05, 0) is 62.2 Å². The molecule has 0 fully saturated rings. The number of hydrogen-bond donors (Lipinski definition) is 2. The van der Waals surface area contributed by atoms with E-state index >= 15 is 0 Å². The van der Waals surface area contributed by atoms with Gasteiger partial charge in [-0.2, -0.15) is 0 Å². The summed E-state index contributed by atoms with van der Waals surface area (Å²) >= 11 is 0. The Kier molecular flexibility index (Phi) is 5.41. The Balaban J connectivity index is 1.73. The van der Waals surface area contributed by atoms with E-state index < -0.39 is 0 Å². The SMILES string of the molecule is COc1ccc(C)cc1Nc1ccc(C(=O)Nc2ccc(C)cc2C)cn1. The first kappa shape index (κ1) is 18.5. The Labute approximate surface area is 159 Å². The van der Waals surface area contributed by atoms with Crippen LogP contribution in [0.4, 0.5) is 17.2 Å². The maximum absolute atomic E-state index is 12.5. The molecule has 0 aliphatic heterocycles. The van der Waals surface area contributed by atoms with Gasteiger partial charge in [-0.3, -0.25) is 4.79 Å². The van der Waals surface area contributed by atoms with Gasteiger partial charge in [0, 0.05) is 11.9 Å². The average Bonchev–Trinajstić information content (AvgIpc) is 2.65. The number of benzene rings is 2. The highest BCUT2D eigenvalue weighted by Crippen LogP contribution is 2.28. The number of aryl methyl sites for hydroxylation is 3. The van der Waals surface area contributed by atoms with E-state index in [9.17, 15) is 4.79 Å². The van der Waals surface area contributed by atoms with Crippen LogP contribution in [0.3, 0.4) is 0 Å². The molecule has 2 N–H and O–H groups in total. The molecule has 0 aliphatic carbocycles. The van der Waals surface area contributed by atoms with E-state index in [0.717, 1.165) is 33.8 Å². The Morgan fingerprint density at radius 3 is 2.33 bits per heavy atom. The van der Waals surface area contributed by atoms with Crippen LogP contribution in [0.25, 0.3) is 0 Å². The van der Waals surface area contributed by atoms with E-state index in [-0.39, 0.29) is 5.91 Å². The maximum Gasteiger partial charge on any atom is 0.257 e. The zero-order chi connectivity index (χ0) is 19.4. The van der Waals surface area contributed by atoms with Gasteiger partial charge < -0.3 is 15.4 Å². The molecule has 0 spiro atoms. The largest absolute Gasteiger partial charge is 0.495 e. The summed E-state index contributed by atoms with van der Waals surface area (Å²) in [5.41, 5.74) is 5.43. The molecule has 2 aromatic carbocycles. The normalized spacial score (nSPS) is 10.4. The summed E-state index contributed by atoms with van der Waals surface area (Å²) in [7, 11) is 1.63. The molecule has 0 radical (unpaired) electrons. The number of ether oxygens (including phenoxy) is 1. The summed E-state index contributed by atoms with van der Waals surface area (Å²) < 4.78 is 5.37. The number of carbonyl (C=O) groups is 1. The Morgan fingerprint density at radius 1 is 0.926 bits per heavy atom. The number of nitrogens with one attached hydrogen (secondary N) is 2. The molecule has 0 atom stereocenters. The third-order valence-corrected chi connectivity index (χ3v) is 4.27. The van der Waals surface area contributed by atoms with Crippen LogP contribution in [0.1, 0.15) is 27.0 Å². The molecule has 0 unspecified atom stereocenters. The molecule has 0 saturated carbocycles. The molecule has 0 aliphatic rings. The van der Waals surface area contributed by atoms with E-state index in [0.29, 0.717) is 11.4 Å². The van der Waals surface area contributed by atoms with Gasteiger partial charge in [0.2, 0.25) is 0 Å². The minimum absolute atomic E-state index is 0.186. The Morgan fingerprint density at radius 2 is 1.67 bits per heavy atom. The van der Waals surface area contributed by atoms with E-state index in [4.69, 9.17) is 4.74 Å². The van der Waals surface area contributed by atoms with Gasteiger partial charge in [0.15, 0.2) is 0 Å². The topological polar surface area (TPSA) is 63.2 Å². The van der Waals surface area contributed by atoms with Crippen molar-refractivity contribution in [2.45, 2.75) is 20.8 Å². The minimum atomic E-state index is -0.186. The lowest BCUT2D eigenvalue weighted by molar-refractivity contribution is 0.102. The number of nitrogens with zero attached hydrogens (tertiary/aromatic N) is 1. The van der Waals surface area contributed by atoms with Crippen molar-refractivity contribution in [3.63, 3.8) is 0 Å². The number of pyridine rings is 1. The number of methoxy groups -OCH3 is 1. The van der Waals surface area contributed by atoms with E-state index in [1.165, 1.54) is 0 Å². The third kappa shape index (κ3) is 4.44. The summed E-state index contributed by atoms with van der Waals surface area (Å²) in [6.45, 7) is 6.01. The first-order chi connectivity index (χ1) is 13.0. The van der Waals surface area contributed by atoms with Crippen molar-refractivity contribution in [3.8, 4) is 5.75 Å². The number of amides is 1. The lowest BCUT2D eigenvalue weighted by atomic mass is 10.1. The molecule has 1 heterocycles. The van der Waals surface area contributed by atoms with E-state index in [1.54, 1.807) is 25.4 Å². The second kappa shape index (κ2) is 7.91. The second-order valence-electron chi connectivity index (χ2n) is 6.53. The standard InChI is InChI=1S/C22H23N3O2/c1-14-5-8-18(16(3)11-14)25-22(26)17-7-10-21(23-13-17)24-19-12-15(2)6-9-20(19)27-4/h5-13H,1-4H3,(H,23,24)(H,25,26). The predicted octanol–water partition coefficient (Wildman–Crippen LogP) is 5.01. The molecule has 5 nitrogen and oxygen atoms in total. The van der Waals surface area contributed by atoms with Crippen LogP contribution in [-0.4, -0.2) is 18.0 Å². The zero-order valence-electron chi connectivity index (χ0n) is 16.0. The lowest BCUT2D eigenvalue weighted by Crippen LogP contribution is -2.13. The quantitative estimate of drug-likeness (QED) is 0.670. The third-order valence-electron chi connectivity index (χ3n) is 4.27. The molecular formula is C22H23N3O2. The molecule has 138 valence electrons. The fraction of sp³-hybridized carbons (Fsp3) is 0.182. The summed E-state index contributed by atoms with van der Waals surface area (Å²) in [6, 6.07) is 15.3. The lowest BCUT2D eigenvalue weighted by Gasteiger charge is -2.12. The van der Waals surface area contributed by atoms with Crippen molar-refractivity contribution in [1.29, 1.82) is 0 Å². The number of rotatable bonds is 5. The summed E-state index contributed by atoms with van der Waals surface area (Å²) in [4.78, 5) is 16.8. The fourth-order valence-electron chi connectivity index (χ4n) is 2.81. The van der Waals surface area contributed by atoms with Crippen LogP contribution in [0, 0.1) is 20.8 Å². The van der Waals surface area contributed by atoms with Gasteiger partial charge in [-0.15, -0.1) is 0 Å². The van der Waals surface area contributed by atoms with Crippen LogP contribution in [0.2, 0.25) is 0 Å². The summed E-state index contributed by atoms with van der Waals surface area (Å²) in [5, 5.41) is 6.16. The average molecular weight is 361 g/mol. The molecule has 27 heavy (non-hydrogen) atoms. The van der Waals surface area contributed by atoms with Crippen molar-refractivity contribution in [3.05, 3.63) is 77.0 Å². The van der Waals surface area contributed by atoms with Crippen LogP contribution < -0.4 is 15.4 Å². The molecule has 0 saturated heterocycles. The number of hydrogen-bond acceptors (Lipinski definition) is 4. The van der Waals surface area contributed by atoms with Gasteiger partial charge in [-0.1, -0.05) is 23.8 Å². The monoisotopic (exact) mass is 361 g/mol. The minimum Gasteiger partial charge on any atom is -0.495 e. The molecule has 0 bridgehead atoms. The molecule has 3 aromatic rings. The molecular weight excluding hydrogens is 338 g/mol. The van der Waals surface area contributed by atoms with E-state index in [1.807, 2.05) is 57.2 Å². The van der Waals surface area contributed by atoms with Crippen molar-refractivity contribution < 1.29 is 9.53 Å². The number of aromatic nitrogens is 1. The van der Waals surface area contributed by atoms with E-state index in [2.05, 4.69) is 15.6 Å². The highest BCUT2D eigenvalue weighted by molar-refractivity contribution is 6.04. The van der Waals surface area contributed by atoms with Crippen molar-refractivity contribution >= 4 is 23.1 Å². The van der Waals surface area contributed by atoms with Crippen molar-refractivity contribution in [2.75, 3.05) is 17.7 Å². The van der Waals surface area contributed by atoms with Crippen molar-refractivity contribution in [1.82, 2.24) is 4.98 Å². The summed E-state index contributed by atoms with van der Waals surface area (Å²) in [5.74, 6) is 1.19. The fourth-order valence-corrected chi connectivity index (χ4v) is 2.81. The highest BCUT2D eigenvalue weighted by atomic mass is 16.5. The zero-order valence-corrected chi connectivity index (χ0v) is 16.0. The maximum atomic E-state index is 12.5. The van der Waals surface area contributed by atoms with Crippen LogP contribution in [0.15, 0.2) is 54.7 Å². The van der Waals surface area contributed by atoms with Gasteiger partial charge >= 0.3 is 0 Å². The van der Waals surface area contributed by atoms with Crippen LogP contribution in [-0.2, 0) is 0 Å². The van der Waals surface area contributed by atoms with Crippen molar-refractivity contribution in [2.24, 2.45) is 0 Å². The number of anilines is 3. The first-order valence-electron chi connectivity index (χ1n) is 8.72. The Hall–Kier alpha value is -3.34. The van der Waals surface area contributed by atoms with Gasteiger partial charge in [-0.25, -0.2) is 4.98 Å². The van der Waals surface area contributed by atoms with Crippen LogP contribution >= 0.6 is 0 Å². The Bertz CT molecular complexity index is 966. The predicted molar refractivity (Wildman–Crippen MR) is 109 cm³/mol. The second-order valence-corrected chi connectivity index (χ2v) is 6.53. The first-order valence-corrected chi connectivity index (χ1v) is 8.72. The summed E-state index contributed by atoms with van der Waals surface area (Å²) in [6.07, 6.45) is 1.56. The van der Waals surface area contributed by atoms with Crippen LogP contribution in [0.5, 0.6) is 5.75 Å². The smallest absolute Gasteiger partial charge is 0.257 e. The molecule has 1 amide bonds. The molecule has 1 aromatic heterocycles. The van der Waals surface area contributed by atoms with Gasteiger partial charge in [0.1, 0.15) is 11.6 Å². The van der Waals surface area contributed by atoms with Gasteiger partial charge in [0.25, 0.3) is 5.91 Å². The highest BCUT2D eigenvalue weighted by Gasteiger charge is 2.10. The number of carbonyl (C=O) groups excluding carboxylic acids is 1.